The Bertz CT molecular complexity index is 615. The molecule has 2 aromatic carbocycles. The molecule has 0 spiro atoms. The smallest absolute Gasteiger partial charge is 0.146 e. The highest BCUT2D eigenvalue weighted by Gasteiger charge is 2.21. The van der Waals surface area contributed by atoms with E-state index in [0.29, 0.717) is 18.8 Å². The molecule has 0 aliphatic carbocycles. The van der Waals surface area contributed by atoms with Gasteiger partial charge in [-0.3, -0.25) is 0 Å². The molecule has 0 heterocycles. The van der Waals surface area contributed by atoms with Gasteiger partial charge in [0.15, 0.2) is 0 Å². The van der Waals surface area contributed by atoms with Gasteiger partial charge in [-0.15, -0.1) is 0 Å². The predicted molar refractivity (Wildman–Crippen MR) is 90.1 cm³/mol. The molecule has 2 aromatic rings. The highest BCUT2D eigenvalue weighted by atomic mass is 79.9. The van der Waals surface area contributed by atoms with Crippen LogP contribution in [-0.2, 0) is 0 Å². The summed E-state index contributed by atoms with van der Waals surface area (Å²) < 4.78 is 15.1. The first kappa shape index (κ1) is 16.0. The van der Waals surface area contributed by atoms with Crippen molar-refractivity contribution in [2.75, 3.05) is 18.0 Å². The zero-order chi connectivity index (χ0) is 15.4. The molecule has 0 fully saturated rings. The van der Waals surface area contributed by atoms with Gasteiger partial charge in [0.25, 0.3) is 0 Å². The van der Waals surface area contributed by atoms with Crippen LogP contribution in [0.4, 0.5) is 10.1 Å². The third kappa shape index (κ3) is 3.44. The first-order valence-electron chi connectivity index (χ1n) is 7.05. The molecule has 0 aliphatic rings. The van der Waals surface area contributed by atoms with E-state index in [-0.39, 0.29) is 11.9 Å². The maximum Gasteiger partial charge on any atom is 0.146 e. The van der Waals surface area contributed by atoms with Crippen LogP contribution in [0.25, 0.3) is 0 Å². The van der Waals surface area contributed by atoms with Crippen molar-refractivity contribution in [2.24, 2.45) is 5.73 Å². The molecule has 2 rings (SSSR count). The Kier molecular flexibility index (Phi) is 5.37. The first-order valence-corrected chi connectivity index (χ1v) is 7.85. The number of hydrogen-bond acceptors (Lipinski definition) is 2. The number of rotatable bonds is 5. The lowest BCUT2D eigenvalue weighted by Crippen LogP contribution is -2.34. The third-order valence-corrected chi connectivity index (χ3v) is 4.54. The molecule has 0 aliphatic heterocycles. The van der Waals surface area contributed by atoms with Crippen molar-refractivity contribution in [2.45, 2.75) is 19.9 Å². The number of hydrogen-bond donors (Lipinski definition) is 1. The van der Waals surface area contributed by atoms with E-state index >= 15 is 0 Å². The van der Waals surface area contributed by atoms with Crippen LogP contribution in [0.1, 0.15) is 24.1 Å². The minimum Gasteiger partial charge on any atom is -0.361 e. The second-order valence-corrected chi connectivity index (χ2v) is 5.85. The van der Waals surface area contributed by atoms with Crippen LogP contribution < -0.4 is 10.6 Å². The number of nitrogens with two attached hydrogens (primary N) is 1. The molecular weight excluding hydrogens is 331 g/mol. The minimum absolute atomic E-state index is 0.0520. The summed E-state index contributed by atoms with van der Waals surface area (Å²) in [4.78, 5) is 2.01. The van der Waals surface area contributed by atoms with E-state index in [2.05, 4.69) is 34.1 Å². The Morgan fingerprint density at radius 3 is 2.52 bits per heavy atom. The van der Waals surface area contributed by atoms with E-state index in [1.54, 1.807) is 12.1 Å². The molecule has 2 N–H and O–H groups in total. The van der Waals surface area contributed by atoms with Crippen molar-refractivity contribution in [3.8, 4) is 0 Å². The van der Waals surface area contributed by atoms with Gasteiger partial charge in [-0.25, -0.2) is 4.39 Å². The SMILES string of the molecule is CCN(c1ccccc1F)C(CN)c1ccc(C)c(Br)c1. The summed E-state index contributed by atoms with van der Waals surface area (Å²) in [5.41, 5.74) is 8.82. The fourth-order valence-corrected chi connectivity index (χ4v) is 2.90. The Hall–Kier alpha value is -1.39. The molecule has 0 saturated heterocycles. The van der Waals surface area contributed by atoms with Gasteiger partial charge < -0.3 is 10.6 Å². The van der Waals surface area contributed by atoms with Crippen LogP contribution in [0, 0.1) is 12.7 Å². The second-order valence-electron chi connectivity index (χ2n) is 5.00. The van der Waals surface area contributed by atoms with Gasteiger partial charge in [0.2, 0.25) is 0 Å². The van der Waals surface area contributed by atoms with E-state index in [1.165, 1.54) is 11.6 Å². The van der Waals surface area contributed by atoms with Gasteiger partial charge in [0, 0.05) is 17.6 Å². The summed E-state index contributed by atoms with van der Waals surface area (Å²) >= 11 is 3.55. The summed E-state index contributed by atoms with van der Waals surface area (Å²) in [6.45, 7) is 5.17. The van der Waals surface area contributed by atoms with Crippen LogP contribution in [0.3, 0.4) is 0 Å². The molecule has 1 atom stereocenters. The molecule has 0 saturated carbocycles. The van der Waals surface area contributed by atoms with Gasteiger partial charge in [-0.1, -0.05) is 40.2 Å². The average Bonchev–Trinajstić information content (AvgIpc) is 2.49. The molecule has 0 amide bonds. The summed E-state index contributed by atoms with van der Waals surface area (Å²) in [7, 11) is 0. The Labute approximate surface area is 133 Å². The van der Waals surface area contributed by atoms with Gasteiger partial charge in [0.05, 0.1) is 11.7 Å². The van der Waals surface area contributed by atoms with Gasteiger partial charge >= 0.3 is 0 Å². The number of halogens is 2. The quantitative estimate of drug-likeness (QED) is 0.864. The topological polar surface area (TPSA) is 29.3 Å². The largest absolute Gasteiger partial charge is 0.361 e. The lowest BCUT2D eigenvalue weighted by Gasteiger charge is -2.33. The lowest BCUT2D eigenvalue weighted by atomic mass is 10.0. The third-order valence-electron chi connectivity index (χ3n) is 3.68. The Morgan fingerprint density at radius 2 is 1.95 bits per heavy atom. The zero-order valence-electron chi connectivity index (χ0n) is 12.3. The maximum absolute atomic E-state index is 14.1. The fraction of sp³-hybridized carbons (Fsp3) is 0.294. The van der Waals surface area contributed by atoms with E-state index in [4.69, 9.17) is 5.73 Å². The Balaban J connectivity index is 2.42. The highest BCUT2D eigenvalue weighted by molar-refractivity contribution is 9.10. The average molecular weight is 351 g/mol. The van der Waals surface area contributed by atoms with Crippen molar-refractivity contribution < 1.29 is 4.39 Å². The van der Waals surface area contributed by atoms with Crippen molar-refractivity contribution in [1.82, 2.24) is 0 Å². The van der Waals surface area contributed by atoms with E-state index in [9.17, 15) is 4.39 Å². The molecule has 112 valence electrons. The summed E-state index contributed by atoms with van der Waals surface area (Å²) in [6.07, 6.45) is 0. The van der Waals surface area contributed by atoms with Gasteiger partial charge in [0.1, 0.15) is 5.82 Å². The minimum atomic E-state index is -0.219. The van der Waals surface area contributed by atoms with E-state index in [0.717, 1.165) is 10.0 Å². The molecular formula is C17H20BrFN2. The molecule has 0 aromatic heterocycles. The molecule has 2 nitrogen and oxygen atoms in total. The zero-order valence-corrected chi connectivity index (χ0v) is 13.9. The number of anilines is 1. The predicted octanol–water partition coefficient (Wildman–Crippen LogP) is 4.42. The summed E-state index contributed by atoms with van der Waals surface area (Å²) in [5, 5.41) is 0. The van der Waals surface area contributed by atoms with Crippen LogP contribution in [0.5, 0.6) is 0 Å². The number of para-hydroxylation sites is 1. The maximum atomic E-state index is 14.1. The Morgan fingerprint density at radius 1 is 1.24 bits per heavy atom. The van der Waals surface area contributed by atoms with Crippen LogP contribution in [0.2, 0.25) is 0 Å². The van der Waals surface area contributed by atoms with Crippen LogP contribution in [-0.4, -0.2) is 13.1 Å². The van der Waals surface area contributed by atoms with E-state index < -0.39 is 0 Å². The molecule has 0 radical (unpaired) electrons. The normalized spacial score (nSPS) is 12.2. The van der Waals surface area contributed by atoms with Crippen molar-refractivity contribution in [3.05, 3.63) is 63.9 Å². The van der Waals surface area contributed by atoms with Crippen LogP contribution in [0.15, 0.2) is 46.9 Å². The molecule has 4 heteroatoms. The molecule has 1 unspecified atom stereocenters. The number of nitrogens with zero attached hydrogens (tertiary/aromatic N) is 1. The lowest BCUT2D eigenvalue weighted by molar-refractivity contribution is 0.588. The van der Waals surface area contributed by atoms with Gasteiger partial charge in [-0.2, -0.15) is 0 Å². The number of benzene rings is 2. The highest BCUT2D eigenvalue weighted by Crippen LogP contribution is 2.30. The number of aryl methyl sites for hydroxylation is 1. The monoisotopic (exact) mass is 350 g/mol. The van der Waals surface area contributed by atoms with Crippen LogP contribution >= 0.6 is 15.9 Å². The van der Waals surface area contributed by atoms with Crippen molar-refractivity contribution in [3.63, 3.8) is 0 Å². The fourth-order valence-electron chi connectivity index (χ4n) is 2.50. The second kappa shape index (κ2) is 7.05. The standard InChI is InChI=1S/C17H20BrFN2/c1-3-21(16-7-5-4-6-15(16)19)17(11-20)13-9-8-12(2)14(18)10-13/h4-10,17H,3,11,20H2,1-2H3. The van der Waals surface area contributed by atoms with E-state index in [1.807, 2.05) is 24.8 Å². The first-order chi connectivity index (χ1) is 10.1. The van der Waals surface area contributed by atoms with Crippen molar-refractivity contribution >= 4 is 21.6 Å². The summed E-state index contributed by atoms with van der Waals surface area (Å²) in [6, 6.07) is 13.0. The van der Waals surface area contributed by atoms with Crippen molar-refractivity contribution in [1.29, 1.82) is 0 Å². The molecule has 0 bridgehead atoms. The summed E-state index contributed by atoms with van der Waals surface area (Å²) in [5.74, 6) is -0.219. The van der Waals surface area contributed by atoms with Gasteiger partial charge in [-0.05, 0) is 43.2 Å². The number of likely N-dealkylation sites (N-methyl/N-ethyl adjacent to an activating group) is 1. The molecule has 21 heavy (non-hydrogen) atoms.